The molecule has 0 radical (unpaired) electrons. The van der Waals surface area contributed by atoms with Gasteiger partial charge in [-0.15, -0.1) is 0 Å². The number of rotatable bonds is 3. The molecular formula is C11H19NO4S. The highest BCUT2D eigenvalue weighted by Gasteiger charge is 2.37. The lowest BCUT2D eigenvalue weighted by atomic mass is 9.88. The summed E-state index contributed by atoms with van der Waals surface area (Å²) in [5.74, 6) is 0.483. The number of hydrogen-bond acceptors (Lipinski definition) is 5. The van der Waals surface area contributed by atoms with Gasteiger partial charge in [-0.05, 0) is 19.4 Å². The average Bonchev–Trinajstić information content (AvgIpc) is 2.68. The van der Waals surface area contributed by atoms with E-state index in [1.807, 2.05) is 0 Å². The van der Waals surface area contributed by atoms with Crippen LogP contribution < -0.4 is 0 Å². The Kier molecular flexibility index (Phi) is 3.85. The van der Waals surface area contributed by atoms with Gasteiger partial charge in [0.2, 0.25) is 0 Å². The number of carbonyl (C=O) groups is 1. The number of aldehydes is 1. The van der Waals surface area contributed by atoms with Gasteiger partial charge in [-0.1, -0.05) is 0 Å². The maximum atomic E-state index is 11.5. The van der Waals surface area contributed by atoms with Crippen LogP contribution in [0.25, 0.3) is 0 Å². The molecule has 2 aliphatic rings. The maximum absolute atomic E-state index is 11.5. The van der Waals surface area contributed by atoms with Gasteiger partial charge in [0.1, 0.15) is 6.29 Å². The van der Waals surface area contributed by atoms with Crippen molar-refractivity contribution in [2.45, 2.75) is 12.8 Å². The number of carbonyl (C=O) groups excluding carboxylic acids is 1. The van der Waals surface area contributed by atoms with Gasteiger partial charge in [-0.25, -0.2) is 8.42 Å². The third kappa shape index (κ3) is 3.26. The van der Waals surface area contributed by atoms with Crippen LogP contribution in [0.15, 0.2) is 0 Å². The smallest absolute Gasteiger partial charge is 0.151 e. The highest BCUT2D eigenvalue weighted by atomic mass is 32.2. The summed E-state index contributed by atoms with van der Waals surface area (Å²) in [7, 11) is -2.87. The highest BCUT2D eigenvalue weighted by Crippen LogP contribution is 2.27. The Bertz CT molecular complexity index is 373. The molecule has 0 aromatic carbocycles. The normalized spacial score (nSPS) is 34.4. The zero-order valence-electron chi connectivity index (χ0n) is 9.93. The van der Waals surface area contributed by atoms with Crippen molar-refractivity contribution >= 4 is 16.1 Å². The van der Waals surface area contributed by atoms with E-state index in [4.69, 9.17) is 4.74 Å². The van der Waals surface area contributed by atoms with E-state index in [0.717, 1.165) is 19.3 Å². The predicted molar refractivity (Wildman–Crippen MR) is 63.6 cm³/mol. The summed E-state index contributed by atoms with van der Waals surface area (Å²) in [5.41, 5.74) is -0.409. The second-order valence-electron chi connectivity index (χ2n) is 5.06. The van der Waals surface area contributed by atoms with Gasteiger partial charge in [0, 0.05) is 19.7 Å². The first-order chi connectivity index (χ1) is 8.05. The SMILES string of the molecule is O=CC1(CN2CCCS(=O)(=O)CC2)CCOC1. The highest BCUT2D eigenvalue weighted by molar-refractivity contribution is 7.91. The van der Waals surface area contributed by atoms with E-state index >= 15 is 0 Å². The van der Waals surface area contributed by atoms with E-state index in [1.165, 1.54) is 0 Å². The Labute approximate surface area is 102 Å². The lowest BCUT2D eigenvalue weighted by molar-refractivity contribution is -0.117. The number of nitrogens with zero attached hydrogens (tertiary/aromatic N) is 1. The first kappa shape index (κ1) is 13.0. The lowest BCUT2D eigenvalue weighted by Gasteiger charge is -2.28. The van der Waals surface area contributed by atoms with Crippen molar-refractivity contribution in [1.82, 2.24) is 4.90 Å². The minimum absolute atomic E-state index is 0.211. The van der Waals surface area contributed by atoms with Crippen LogP contribution in [0, 0.1) is 5.41 Å². The van der Waals surface area contributed by atoms with Gasteiger partial charge in [-0.2, -0.15) is 0 Å². The zero-order chi connectivity index (χ0) is 12.4. The molecular weight excluding hydrogens is 242 g/mol. The van der Waals surface area contributed by atoms with E-state index in [1.54, 1.807) is 0 Å². The molecule has 0 amide bonds. The van der Waals surface area contributed by atoms with E-state index in [2.05, 4.69) is 4.90 Å². The molecule has 17 heavy (non-hydrogen) atoms. The molecule has 0 aromatic heterocycles. The van der Waals surface area contributed by atoms with E-state index in [0.29, 0.717) is 32.7 Å². The summed E-state index contributed by atoms with van der Waals surface area (Å²) in [4.78, 5) is 13.3. The fourth-order valence-electron chi connectivity index (χ4n) is 2.47. The third-order valence-corrected chi connectivity index (χ3v) is 5.29. The Morgan fingerprint density at radius 1 is 1.29 bits per heavy atom. The summed E-state index contributed by atoms with van der Waals surface area (Å²) in [6, 6.07) is 0. The predicted octanol–water partition coefficient (Wildman–Crippen LogP) is -0.287. The summed E-state index contributed by atoms with van der Waals surface area (Å²) < 4.78 is 28.3. The lowest BCUT2D eigenvalue weighted by Crippen LogP contribution is -2.40. The molecule has 98 valence electrons. The van der Waals surface area contributed by atoms with Crippen molar-refractivity contribution in [2.75, 3.05) is 44.4 Å². The van der Waals surface area contributed by atoms with E-state index in [-0.39, 0.29) is 11.5 Å². The van der Waals surface area contributed by atoms with Gasteiger partial charge >= 0.3 is 0 Å². The summed E-state index contributed by atoms with van der Waals surface area (Å²) in [6.45, 7) is 3.03. The molecule has 0 N–H and O–H groups in total. The number of hydrogen-bond donors (Lipinski definition) is 0. The van der Waals surface area contributed by atoms with Gasteiger partial charge in [0.15, 0.2) is 9.84 Å². The van der Waals surface area contributed by atoms with Crippen molar-refractivity contribution in [3.63, 3.8) is 0 Å². The molecule has 2 rings (SSSR count). The van der Waals surface area contributed by atoms with Crippen molar-refractivity contribution in [2.24, 2.45) is 5.41 Å². The molecule has 2 saturated heterocycles. The molecule has 5 nitrogen and oxygen atoms in total. The summed E-state index contributed by atoms with van der Waals surface area (Å²) >= 11 is 0. The maximum Gasteiger partial charge on any atom is 0.151 e. The molecule has 0 saturated carbocycles. The van der Waals surface area contributed by atoms with E-state index in [9.17, 15) is 13.2 Å². The second-order valence-corrected chi connectivity index (χ2v) is 7.37. The molecule has 0 bridgehead atoms. The largest absolute Gasteiger partial charge is 0.380 e. The van der Waals surface area contributed by atoms with E-state index < -0.39 is 15.3 Å². The van der Waals surface area contributed by atoms with Gasteiger partial charge in [0.05, 0.1) is 23.5 Å². The molecule has 2 aliphatic heterocycles. The van der Waals surface area contributed by atoms with Crippen LogP contribution in [0.1, 0.15) is 12.8 Å². The molecule has 1 atom stereocenters. The first-order valence-corrected chi connectivity index (χ1v) is 7.84. The van der Waals surface area contributed by atoms with Crippen LogP contribution in [0.2, 0.25) is 0 Å². The quantitative estimate of drug-likeness (QED) is 0.653. The topological polar surface area (TPSA) is 63.7 Å². The Morgan fingerprint density at radius 2 is 2.12 bits per heavy atom. The van der Waals surface area contributed by atoms with Crippen molar-refractivity contribution in [3.05, 3.63) is 0 Å². The molecule has 1 unspecified atom stereocenters. The summed E-state index contributed by atoms with van der Waals surface area (Å²) in [6.07, 6.45) is 2.40. The van der Waals surface area contributed by atoms with Crippen LogP contribution >= 0.6 is 0 Å². The fourth-order valence-corrected chi connectivity index (χ4v) is 3.78. The second kappa shape index (κ2) is 5.04. The Morgan fingerprint density at radius 3 is 2.76 bits per heavy atom. The minimum atomic E-state index is -2.87. The average molecular weight is 261 g/mol. The number of ether oxygens (including phenoxy) is 1. The number of sulfone groups is 1. The Hall–Kier alpha value is -0.460. The van der Waals surface area contributed by atoms with Gasteiger partial charge < -0.3 is 14.4 Å². The molecule has 0 spiro atoms. The van der Waals surface area contributed by atoms with Crippen LogP contribution in [-0.2, 0) is 19.4 Å². The van der Waals surface area contributed by atoms with Crippen LogP contribution in [0.3, 0.4) is 0 Å². The minimum Gasteiger partial charge on any atom is -0.380 e. The molecule has 6 heteroatoms. The van der Waals surface area contributed by atoms with Crippen LogP contribution in [0.5, 0.6) is 0 Å². The van der Waals surface area contributed by atoms with Gasteiger partial charge in [-0.3, -0.25) is 0 Å². The van der Waals surface area contributed by atoms with Crippen molar-refractivity contribution in [3.8, 4) is 0 Å². The molecule has 0 aromatic rings. The fraction of sp³-hybridized carbons (Fsp3) is 0.909. The third-order valence-electron chi connectivity index (χ3n) is 3.57. The molecule has 0 aliphatic carbocycles. The Balaban J connectivity index is 1.96. The molecule has 2 heterocycles. The van der Waals surface area contributed by atoms with Gasteiger partial charge in [0.25, 0.3) is 0 Å². The zero-order valence-corrected chi connectivity index (χ0v) is 10.7. The summed E-state index contributed by atoms with van der Waals surface area (Å²) in [5, 5.41) is 0. The van der Waals surface area contributed by atoms with Crippen molar-refractivity contribution < 1.29 is 17.9 Å². The molecule has 2 fully saturated rings. The standard InChI is InChI=1S/C11H19NO4S/c13-9-11(2-5-16-10-11)8-12-3-1-6-17(14,15)7-4-12/h9H,1-8,10H2. The first-order valence-electron chi connectivity index (χ1n) is 6.02. The van der Waals surface area contributed by atoms with Crippen LogP contribution in [-0.4, -0.2) is 64.0 Å². The van der Waals surface area contributed by atoms with Crippen molar-refractivity contribution in [1.29, 1.82) is 0 Å². The van der Waals surface area contributed by atoms with Crippen LogP contribution in [0.4, 0.5) is 0 Å². The monoisotopic (exact) mass is 261 g/mol.